The standard InChI is InChI=1S/C24H19N3O3/c28-24(26-14-17-15-29-22-9-3-4-10-23(22)30-17)19-12-21(16-6-5-11-25-13-16)27-20-8-2-1-7-18(19)20/h1-13,17H,14-15H2,(H,26,28). The van der Waals surface area contributed by atoms with Gasteiger partial charge in [-0.3, -0.25) is 9.78 Å². The summed E-state index contributed by atoms with van der Waals surface area (Å²) in [6, 6.07) is 20.7. The number of nitrogens with zero attached hydrogens (tertiary/aromatic N) is 2. The van der Waals surface area contributed by atoms with E-state index >= 15 is 0 Å². The Morgan fingerprint density at radius 3 is 2.73 bits per heavy atom. The molecule has 0 fully saturated rings. The van der Waals surface area contributed by atoms with E-state index in [1.54, 1.807) is 12.4 Å². The third-order valence-corrected chi connectivity index (χ3v) is 4.98. The molecule has 0 saturated carbocycles. The smallest absolute Gasteiger partial charge is 0.252 e. The molecular weight excluding hydrogens is 378 g/mol. The van der Waals surface area contributed by atoms with E-state index < -0.39 is 0 Å². The van der Waals surface area contributed by atoms with E-state index in [9.17, 15) is 4.79 Å². The van der Waals surface area contributed by atoms with Gasteiger partial charge in [0.15, 0.2) is 11.5 Å². The average molecular weight is 397 g/mol. The lowest BCUT2D eigenvalue weighted by Crippen LogP contribution is -2.40. The van der Waals surface area contributed by atoms with Gasteiger partial charge in [-0.25, -0.2) is 4.98 Å². The molecule has 148 valence electrons. The van der Waals surface area contributed by atoms with Gasteiger partial charge in [0.1, 0.15) is 12.7 Å². The topological polar surface area (TPSA) is 73.3 Å². The second-order valence-corrected chi connectivity index (χ2v) is 7.02. The van der Waals surface area contributed by atoms with Gasteiger partial charge in [-0.2, -0.15) is 0 Å². The summed E-state index contributed by atoms with van der Waals surface area (Å²) in [5.41, 5.74) is 2.89. The van der Waals surface area contributed by atoms with Gasteiger partial charge in [0.25, 0.3) is 5.91 Å². The predicted molar refractivity (Wildman–Crippen MR) is 114 cm³/mol. The Bertz CT molecular complexity index is 1210. The van der Waals surface area contributed by atoms with Crippen LogP contribution < -0.4 is 14.8 Å². The molecule has 1 aliphatic heterocycles. The van der Waals surface area contributed by atoms with Crippen LogP contribution in [0.25, 0.3) is 22.2 Å². The number of rotatable bonds is 4. The number of hydrogen-bond donors (Lipinski definition) is 1. The van der Waals surface area contributed by atoms with Crippen molar-refractivity contribution in [3.8, 4) is 22.8 Å². The summed E-state index contributed by atoms with van der Waals surface area (Å²) in [4.78, 5) is 21.9. The number of carbonyl (C=O) groups is 1. The minimum Gasteiger partial charge on any atom is -0.486 e. The minimum atomic E-state index is -0.255. The first kappa shape index (κ1) is 18.1. The van der Waals surface area contributed by atoms with Crippen LogP contribution in [0.2, 0.25) is 0 Å². The summed E-state index contributed by atoms with van der Waals surface area (Å²) in [6.45, 7) is 0.724. The monoisotopic (exact) mass is 397 g/mol. The zero-order valence-electron chi connectivity index (χ0n) is 16.1. The Morgan fingerprint density at radius 2 is 1.87 bits per heavy atom. The first-order valence-electron chi connectivity index (χ1n) is 9.75. The van der Waals surface area contributed by atoms with E-state index in [4.69, 9.17) is 14.5 Å². The molecule has 0 bridgehead atoms. The van der Waals surface area contributed by atoms with Gasteiger partial charge in [0.2, 0.25) is 0 Å². The normalized spacial score (nSPS) is 15.0. The summed E-state index contributed by atoms with van der Waals surface area (Å²) < 4.78 is 11.7. The molecule has 6 nitrogen and oxygen atoms in total. The lowest BCUT2D eigenvalue weighted by Gasteiger charge is -2.26. The quantitative estimate of drug-likeness (QED) is 0.566. The van der Waals surface area contributed by atoms with Crippen molar-refractivity contribution in [2.45, 2.75) is 6.10 Å². The van der Waals surface area contributed by atoms with E-state index in [1.807, 2.05) is 66.7 Å². The molecular formula is C24H19N3O3. The summed E-state index contributed by atoms with van der Waals surface area (Å²) in [6.07, 6.45) is 3.20. The van der Waals surface area contributed by atoms with Crippen molar-refractivity contribution < 1.29 is 14.3 Å². The predicted octanol–water partition coefficient (Wildman–Crippen LogP) is 3.87. The van der Waals surface area contributed by atoms with Gasteiger partial charge in [-0.1, -0.05) is 30.3 Å². The number of amides is 1. The fourth-order valence-corrected chi connectivity index (χ4v) is 3.49. The SMILES string of the molecule is O=C(NCC1COc2ccccc2O1)c1cc(-c2cccnc2)nc2ccccc12. The van der Waals surface area contributed by atoms with Gasteiger partial charge in [-0.05, 0) is 36.4 Å². The van der Waals surface area contributed by atoms with Gasteiger partial charge in [0.05, 0.1) is 23.3 Å². The lowest BCUT2D eigenvalue weighted by molar-refractivity contribution is 0.0790. The first-order chi connectivity index (χ1) is 14.8. The molecule has 1 unspecified atom stereocenters. The Labute approximate surface area is 173 Å². The summed E-state index contributed by atoms with van der Waals surface area (Å²) >= 11 is 0. The molecule has 30 heavy (non-hydrogen) atoms. The van der Waals surface area contributed by atoms with Crippen molar-refractivity contribution in [1.82, 2.24) is 15.3 Å². The van der Waals surface area contributed by atoms with Crippen LogP contribution in [0.1, 0.15) is 10.4 Å². The maximum absolute atomic E-state index is 13.1. The molecule has 1 aliphatic rings. The Balaban J connectivity index is 1.39. The van der Waals surface area contributed by atoms with E-state index in [0.29, 0.717) is 30.2 Å². The Kier molecular flexibility index (Phi) is 4.73. The van der Waals surface area contributed by atoms with Crippen LogP contribution in [0.4, 0.5) is 0 Å². The third kappa shape index (κ3) is 3.55. The number of hydrogen-bond acceptors (Lipinski definition) is 5. The summed E-state index contributed by atoms with van der Waals surface area (Å²) in [5.74, 6) is 1.23. The molecule has 4 aromatic rings. The number of aromatic nitrogens is 2. The molecule has 1 N–H and O–H groups in total. The van der Waals surface area contributed by atoms with Gasteiger partial charge < -0.3 is 14.8 Å². The van der Waals surface area contributed by atoms with Gasteiger partial charge in [0, 0.05) is 23.3 Å². The van der Waals surface area contributed by atoms with Crippen LogP contribution in [-0.2, 0) is 0 Å². The van der Waals surface area contributed by atoms with Crippen molar-refractivity contribution in [2.75, 3.05) is 13.2 Å². The number of para-hydroxylation sites is 3. The van der Waals surface area contributed by atoms with Gasteiger partial charge >= 0.3 is 0 Å². The number of carbonyl (C=O) groups excluding carboxylic acids is 1. The van der Waals surface area contributed by atoms with Crippen molar-refractivity contribution in [2.24, 2.45) is 0 Å². The number of ether oxygens (including phenoxy) is 2. The second kappa shape index (κ2) is 7.83. The lowest BCUT2D eigenvalue weighted by atomic mass is 10.0. The molecule has 0 saturated heterocycles. The molecule has 0 radical (unpaired) electrons. The molecule has 2 aromatic carbocycles. The molecule has 0 spiro atoms. The van der Waals surface area contributed by atoms with E-state index in [2.05, 4.69) is 10.3 Å². The fourth-order valence-electron chi connectivity index (χ4n) is 3.49. The van der Waals surface area contributed by atoms with Crippen LogP contribution in [0.15, 0.2) is 79.1 Å². The third-order valence-electron chi connectivity index (χ3n) is 4.98. The highest BCUT2D eigenvalue weighted by atomic mass is 16.6. The highest BCUT2D eigenvalue weighted by molar-refractivity contribution is 6.07. The molecule has 6 heteroatoms. The van der Waals surface area contributed by atoms with Crippen molar-refractivity contribution in [3.05, 3.63) is 84.7 Å². The van der Waals surface area contributed by atoms with E-state index in [-0.39, 0.29) is 12.0 Å². The molecule has 3 heterocycles. The van der Waals surface area contributed by atoms with Crippen molar-refractivity contribution in [3.63, 3.8) is 0 Å². The first-order valence-corrected chi connectivity index (χ1v) is 9.75. The second-order valence-electron chi connectivity index (χ2n) is 7.02. The van der Waals surface area contributed by atoms with E-state index in [1.165, 1.54) is 0 Å². The molecule has 1 atom stereocenters. The fraction of sp³-hybridized carbons (Fsp3) is 0.125. The maximum atomic E-state index is 13.1. The summed E-state index contributed by atoms with van der Waals surface area (Å²) in [5, 5.41) is 3.78. The van der Waals surface area contributed by atoms with E-state index in [0.717, 1.165) is 22.2 Å². The van der Waals surface area contributed by atoms with Crippen LogP contribution in [-0.4, -0.2) is 35.1 Å². The zero-order chi connectivity index (χ0) is 20.3. The number of nitrogens with one attached hydrogen (secondary N) is 1. The maximum Gasteiger partial charge on any atom is 0.252 e. The highest BCUT2D eigenvalue weighted by Gasteiger charge is 2.22. The van der Waals surface area contributed by atoms with Crippen molar-refractivity contribution in [1.29, 1.82) is 0 Å². The number of benzene rings is 2. The zero-order valence-corrected chi connectivity index (χ0v) is 16.1. The van der Waals surface area contributed by atoms with Crippen LogP contribution in [0.5, 0.6) is 11.5 Å². The summed E-state index contributed by atoms with van der Waals surface area (Å²) in [7, 11) is 0. The van der Waals surface area contributed by atoms with Crippen molar-refractivity contribution >= 4 is 16.8 Å². The van der Waals surface area contributed by atoms with Gasteiger partial charge in [-0.15, -0.1) is 0 Å². The minimum absolute atomic E-state index is 0.179. The number of pyridine rings is 2. The van der Waals surface area contributed by atoms with Crippen LogP contribution in [0, 0.1) is 0 Å². The molecule has 2 aromatic heterocycles. The van der Waals surface area contributed by atoms with Crippen LogP contribution >= 0.6 is 0 Å². The average Bonchev–Trinajstić information content (AvgIpc) is 2.82. The highest BCUT2D eigenvalue weighted by Crippen LogP contribution is 2.30. The Morgan fingerprint density at radius 1 is 1.03 bits per heavy atom. The van der Waals surface area contributed by atoms with Crippen LogP contribution in [0.3, 0.4) is 0 Å². The molecule has 5 rings (SSSR count). The Hall–Kier alpha value is -3.93. The molecule has 0 aliphatic carbocycles. The largest absolute Gasteiger partial charge is 0.486 e. The molecule has 1 amide bonds. The number of fused-ring (bicyclic) bond motifs is 2.